The van der Waals surface area contributed by atoms with Gasteiger partial charge in [0, 0.05) is 31.7 Å². The number of carbonyl (C=O) groups excluding carboxylic acids is 1. The van der Waals surface area contributed by atoms with Gasteiger partial charge in [0.25, 0.3) is 0 Å². The highest BCUT2D eigenvalue weighted by atomic mass is 16.5. The van der Waals surface area contributed by atoms with E-state index in [9.17, 15) is 9.90 Å². The molecule has 2 rings (SSSR count). The Morgan fingerprint density at radius 3 is 2.36 bits per heavy atom. The molecule has 2 saturated carbocycles. The second-order valence-corrected chi connectivity index (χ2v) is 6.98. The van der Waals surface area contributed by atoms with Crippen molar-refractivity contribution in [3.63, 3.8) is 0 Å². The average molecular weight is 312 g/mol. The molecule has 0 aromatic rings. The molecule has 128 valence electrons. The molecule has 0 aromatic heterocycles. The Hall–Kier alpha value is -0.810. The molecule has 2 aliphatic rings. The molecular weight excluding hydrogens is 280 g/mol. The van der Waals surface area contributed by atoms with Gasteiger partial charge in [-0.2, -0.15) is 0 Å². The molecule has 0 saturated heterocycles. The maximum atomic E-state index is 12.6. The molecule has 0 bridgehead atoms. The van der Waals surface area contributed by atoms with E-state index in [1.165, 1.54) is 0 Å². The minimum absolute atomic E-state index is 0.0206. The lowest BCUT2D eigenvalue weighted by molar-refractivity contribution is -0.146. The summed E-state index contributed by atoms with van der Waals surface area (Å²) in [5, 5.41) is 12.7. The van der Waals surface area contributed by atoms with Crippen LogP contribution in [-0.4, -0.2) is 54.5 Å². The normalized spacial score (nSPS) is 33.9. The first-order valence-corrected chi connectivity index (χ1v) is 8.72. The van der Waals surface area contributed by atoms with Crippen LogP contribution in [0.3, 0.4) is 0 Å². The fourth-order valence-corrected chi connectivity index (χ4v) is 4.42. The van der Waals surface area contributed by atoms with E-state index >= 15 is 0 Å². The Labute approximate surface area is 134 Å². The summed E-state index contributed by atoms with van der Waals surface area (Å²) in [6, 6.07) is 0.475. The summed E-state index contributed by atoms with van der Waals surface area (Å²) in [7, 11) is 3.68. The zero-order valence-corrected chi connectivity index (χ0v) is 14.5. The van der Waals surface area contributed by atoms with Gasteiger partial charge >= 0.3 is 6.03 Å². The number of ether oxygens (including phenoxy) is 1. The van der Waals surface area contributed by atoms with Gasteiger partial charge in [0.15, 0.2) is 0 Å². The molecule has 2 aliphatic carbocycles. The summed E-state index contributed by atoms with van der Waals surface area (Å²) >= 11 is 0. The molecule has 0 spiro atoms. The third-order valence-electron chi connectivity index (χ3n) is 6.16. The van der Waals surface area contributed by atoms with Crippen molar-refractivity contribution in [3.05, 3.63) is 0 Å². The lowest BCUT2D eigenvalue weighted by Crippen LogP contribution is -2.65. The minimum Gasteiger partial charge on any atom is -0.393 e. The van der Waals surface area contributed by atoms with Crippen molar-refractivity contribution >= 4 is 6.03 Å². The van der Waals surface area contributed by atoms with E-state index < -0.39 is 0 Å². The third-order valence-corrected chi connectivity index (χ3v) is 6.16. The summed E-state index contributed by atoms with van der Waals surface area (Å²) in [6.45, 7) is 4.38. The number of nitrogens with one attached hydrogen (secondary N) is 1. The lowest BCUT2D eigenvalue weighted by atomic mass is 9.58. The van der Waals surface area contributed by atoms with Crippen LogP contribution >= 0.6 is 0 Å². The first-order valence-electron chi connectivity index (χ1n) is 8.72. The van der Waals surface area contributed by atoms with Gasteiger partial charge in [0.1, 0.15) is 0 Å². The average Bonchev–Trinajstić information content (AvgIpc) is 2.50. The van der Waals surface area contributed by atoms with Crippen LogP contribution in [0.1, 0.15) is 58.8 Å². The van der Waals surface area contributed by atoms with Crippen LogP contribution in [0, 0.1) is 5.41 Å². The molecule has 2 atom stereocenters. The van der Waals surface area contributed by atoms with Crippen molar-refractivity contribution < 1.29 is 14.6 Å². The number of urea groups is 1. The number of methoxy groups -OCH3 is 1. The highest BCUT2D eigenvalue weighted by Crippen LogP contribution is 2.50. The number of aliphatic hydroxyl groups is 1. The van der Waals surface area contributed by atoms with E-state index in [1.54, 1.807) is 7.11 Å². The Kier molecular flexibility index (Phi) is 5.72. The predicted octanol–water partition coefficient (Wildman–Crippen LogP) is 2.53. The van der Waals surface area contributed by atoms with E-state index in [4.69, 9.17) is 4.74 Å². The van der Waals surface area contributed by atoms with Crippen LogP contribution in [0.2, 0.25) is 0 Å². The van der Waals surface area contributed by atoms with Crippen LogP contribution in [0.15, 0.2) is 0 Å². The van der Waals surface area contributed by atoms with Crippen molar-refractivity contribution in [2.45, 2.75) is 83.1 Å². The quantitative estimate of drug-likeness (QED) is 0.820. The molecular formula is C17H32N2O3. The van der Waals surface area contributed by atoms with Gasteiger partial charge in [-0.3, -0.25) is 0 Å². The molecule has 2 amide bonds. The molecule has 2 N–H and O–H groups in total. The first kappa shape index (κ1) is 17.5. The Balaban J connectivity index is 1.93. The molecule has 2 fully saturated rings. The highest BCUT2D eigenvalue weighted by molar-refractivity contribution is 5.75. The fourth-order valence-electron chi connectivity index (χ4n) is 4.42. The van der Waals surface area contributed by atoms with Crippen molar-refractivity contribution in [3.8, 4) is 0 Å². The second-order valence-electron chi connectivity index (χ2n) is 6.98. The van der Waals surface area contributed by atoms with E-state index in [1.807, 2.05) is 11.9 Å². The summed E-state index contributed by atoms with van der Waals surface area (Å²) < 4.78 is 5.62. The molecule has 2 unspecified atom stereocenters. The fraction of sp³-hybridized carbons (Fsp3) is 0.941. The molecule has 0 heterocycles. The van der Waals surface area contributed by atoms with Gasteiger partial charge in [-0.15, -0.1) is 0 Å². The van der Waals surface area contributed by atoms with Gasteiger partial charge in [0.05, 0.1) is 12.2 Å². The standard InChI is InChI=1S/C17H32N2O3/c1-5-17(6-2)14(11-15(17)22-4)19(3)16(21)18-12-7-9-13(20)10-8-12/h12-15,20H,5-11H2,1-4H3,(H,18,21). The van der Waals surface area contributed by atoms with Crippen molar-refractivity contribution in [2.24, 2.45) is 5.41 Å². The first-order chi connectivity index (χ1) is 10.5. The Morgan fingerprint density at radius 2 is 1.86 bits per heavy atom. The SMILES string of the molecule is CCC1(CC)C(OC)CC1N(C)C(=O)NC1CCC(O)CC1. The molecule has 0 radical (unpaired) electrons. The molecule has 0 aliphatic heterocycles. The number of hydrogen-bond donors (Lipinski definition) is 2. The number of hydrogen-bond acceptors (Lipinski definition) is 3. The monoisotopic (exact) mass is 312 g/mol. The molecule has 5 nitrogen and oxygen atoms in total. The smallest absolute Gasteiger partial charge is 0.317 e. The van der Waals surface area contributed by atoms with Crippen LogP contribution in [0.5, 0.6) is 0 Å². The van der Waals surface area contributed by atoms with E-state index in [-0.39, 0.29) is 35.7 Å². The van der Waals surface area contributed by atoms with Crippen molar-refractivity contribution in [2.75, 3.05) is 14.2 Å². The lowest BCUT2D eigenvalue weighted by Gasteiger charge is -2.57. The van der Waals surface area contributed by atoms with Crippen LogP contribution in [0.4, 0.5) is 4.79 Å². The van der Waals surface area contributed by atoms with E-state index in [0.29, 0.717) is 0 Å². The van der Waals surface area contributed by atoms with Gasteiger partial charge in [-0.05, 0) is 44.9 Å². The summed E-state index contributed by atoms with van der Waals surface area (Å²) in [5.41, 5.74) is 0.0869. The number of amides is 2. The van der Waals surface area contributed by atoms with Crippen LogP contribution < -0.4 is 5.32 Å². The Morgan fingerprint density at radius 1 is 1.27 bits per heavy atom. The molecule has 5 heteroatoms. The molecule has 22 heavy (non-hydrogen) atoms. The highest BCUT2D eigenvalue weighted by Gasteiger charge is 2.55. The number of rotatable bonds is 5. The Bertz CT molecular complexity index is 376. The largest absolute Gasteiger partial charge is 0.393 e. The second kappa shape index (κ2) is 7.18. The van der Waals surface area contributed by atoms with Crippen LogP contribution in [-0.2, 0) is 4.74 Å². The summed E-state index contributed by atoms with van der Waals surface area (Å²) in [6.07, 6.45) is 6.37. The number of nitrogens with zero attached hydrogens (tertiary/aromatic N) is 1. The third kappa shape index (κ3) is 3.11. The van der Waals surface area contributed by atoms with Gasteiger partial charge in [0.2, 0.25) is 0 Å². The van der Waals surface area contributed by atoms with E-state index in [2.05, 4.69) is 19.2 Å². The predicted molar refractivity (Wildman–Crippen MR) is 86.8 cm³/mol. The number of aliphatic hydroxyl groups excluding tert-OH is 1. The molecule has 0 aromatic carbocycles. The van der Waals surface area contributed by atoms with Crippen molar-refractivity contribution in [1.82, 2.24) is 10.2 Å². The minimum atomic E-state index is -0.187. The zero-order valence-electron chi connectivity index (χ0n) is 14.5. The van der Waals surface area contributed by atoms with Gasteiger partial charge in [-0.25, -0.2) is 4.79 Å². The van der Waals surface area contributed by atoms with Crippen molar-refractivity contribution in [1.29, 1.82) is 0 Å². The van der Waals surface area contributed by atoms with E-state index in [0.717, 1.165) is 44.9 Å². The maximum Gasteiger partial charge on any atom is 0.317 e. The van der Waals surface area contributed by atoms with Crippen LogP contribution in [0.25, 0.3) is 0 Å². The zero-order chi connectivity index (χ0) is 16.3. The van der Waals surface area contributed by atoms with Gasteiger partial charge in [-0.1, -0.05) is 13.8 Å². The number of carbonyl (C=O) groups is 1. The summed E-state index contributed by atoms with van der Waals surface area (Å²) in [5.74, 6) is 0. The topological polar surface area (TPSA) is 61.8 Å². The summed E-state index contributed by atoms with van der Waals surface area (Å²) in [4.78, 5) is 14.4. The maximum absolute atomic E-state index is 12.6. The van der Waals surface area contributed by atoms with Gasteiger partial charge < -0.3 is 20.1 Å².